The summed E-state index contributed by atoms with van der Waals surface area (Å²) in [6.07, 6.45) is 10.9. The smallest absolute Gasteiger partial charge is 0.303 e. The summed E-state index contributed by atoms with van der Waals surface area (Å²) >= 11 is 0. The normalized spacial score (nSPS) is 15.0. The van der Waals surface area contributed by atoms with Crippen molar-refractivity contribution in [1.29, 1.82) is 0 Å². The van der Waals surface area contributed by atoms with E-state index in [-0.39, 0.29) is 0 Å². The summed E-state index contributed by atoms with van der Waals surface area (Å²) < 4.78 is 26.5. The zero-order valence-corrected chi connectivity index (χ0v) is 33.3. The molecule has 4 rings (SSSR count). The van der Waals surface area contributed by atoms with E-state index in [4.69, 9.17) is 18.9 Å². The highest BCUT2D eigenvalue weighted by Crippen LogP contribution is 2.26. The summed E-state index contributed by atoms with van der Waals surface area (Å²) in [6.45, 7) is 11.3. The van der Waals surface area contributed by atoms with Crippen molar-refractivity contribution in [2.75, 3.05) is 26.4 Å². The molecule has 0 aromatic heterocycles. The molecule has 4 unspecified atom stereocenters. The largest absolute Gasteiger partial charge is 0.412 e. The van der Waals surface area contributed by atoms with Crippen LogP contribution in [0.1, 0.15) is 101 Å². The summed E-state index contributed by atoms with van der Waals surface area (Å²) in [5.41, 5.74) is 5.53. The van der Waals surface area contributed by atoms with Crippen LogP contribution in [-0.2, 0) is 44.6 Å². The van der Waals surface area contributed by atoms with E-state index in [1.807, 2.05) is 0 Å². The zero-order chi connectivity index (χ0) is 37.4. The van der Waals surface area contributed by atoms with Gasteiger partial charge in [-0.15, -0.1) is 0 Å². The van der Waals surface area contributed by atoms with Crippen LogP contribution in [0.5, 0.6) is 0 Å². The molecule has 4 nitrogen and oxygen atoms in total. The average molecular weight is 721 g/mol. The minimum absolute atomic E-state index is 0.502. The van der Waals surface area contributed by atoms with E-state index < -0.39 is 6.16 Å². The maximum Gasteiger partial charge on any atom is 0.412 e. The third-order valence-corrected chi connectivity index (χ3v) is 10.6. The Hall–Kier alpha value is -3.28. The van der Waals surface area contributed by atoms with E-state index in [9.17, 15) is 0 Å². The first-order valence-electron chi connectivity index (χ1n) is 20.6. The van der Waals surface area contributed by atoms with Crippen molar-refractivity contribution in [2.45, 2.75) is 111 Å². The Kier molecular flexibility index (Phi) is 20.0. The Labute approximate surface area is 322 Å². The molecule has 0 spiro atoms. The van der Waals surface area contributed by atoms with Gasteiger partial charge in [0, 0.05) is 0 Å². The van der Waals surface area contributed by atoms with E-state index >= 15 is 0 Å². The minimum atomic E-state index is -1.50. The van der Waals surface area contributed by atoms with E-state index in [0.29, 0.717) is 50.1 Å². The highest BCUT2D eigenvalue weighted by molar-refractivity contribution is 5.16. The first kappa shape index (κ1) is 42.5. The van der Waals surface area contributed by atoms with Gasteiger partial charge in [0.15, 0.2) is 0 Å². The van der Waals surface area contributed by atoms with Gasteiger partial charge in [0.2, 0.25) is 0 Å². The lowest BCUT2D eigenvalue weighted by Crippen LogP contribution is -2.44. The predicted octanol–water partition coefficient (Wildman–Crippen LogP) is 12.3. The highest BCUT2D eigenvalue weighted by atomic mass is 17.0. The van der Waals surface area contributed by atoms with Gasteiger partial charge in [-0.25, -0.2) is 0 Å². The van der Waals surface area contributed by atoms with Gasteiger partial charge in [0.05, 0.1) is 26.4 Å². The topological polar surface area (TPSA) is 36.9 Å². The maximum atomic E-state index is 6.62. The molecule has 0 amide bonds. The van der Waals surface area contributed by atoms with Crippen LogP contribution in [0.15, 0.2) is 121 Å². The summed E-state index contributed by atoms with van der Waals surface area (Å²) in [6, 6.07) is 43.0. The first-order valence-corrected chi connectivity index (χ1v) is 20.6. The first-order chi connectivity index (χ1) is 25.9. The van der Waals surface area contributed by atoms with Crippen LogP contribution in [0.2, 0.25) is 0 Å². The number of benzene rings is 4. The van der Waals surface area contributed by atoms with Crippen molar-refractivity contribution in [1.82, 2.24) is 0 Å². The third kappa shape index (κ3) is 18.1. The second-order valence-electron chi connectivity index (χ2n) is 15.6. The number of hydrogen-bond acceptors (Lipinski definition) is 4. The second kappa shape index (κ2) is 24.9. The van der Waals surface area contributed by atoms with E-state index in [1.165, 1.54) is 22.3 Å². The molecule has 0 saturated heterocycles. The average Bonchev–Trinajstić information content (AvgIpc) is 3.19. The van der Waals surface area contributed by atoms with E-state index in [2.05, 4.69) is 149 Å². The lowest BCUT2D eigenvalue weighted by atomic mass is 9.98. The second-order valence-corrected chi connectivity index (χ2v) is 15.6. The van der Waals surface area contributed by atoms with Crippen molar-refractivity contribution in [3.05, 3.63) is 144 Å². The van der Waals surface area contributed by atoms with Crippen molar-refractivity contribution in [3.63, 3.8) is 0 Å². The van der Waals surface area contributed by atoms with Crippen LogP contribution in [0.25, 0.3) is 0 Å². The van der Waals surface area contributed by atoms with Gasteiger partial charge in [-0.2, -0.15) is 0 Å². The number of ether oxygens (including phenoxy) is 4. The number of hydrogen-bond donors (Lipinski definition) is 0. The number of rotatable bonds is 28. The summed E-state index contributed by atoms with van der Waals surface area (Å²) in [7, 11) is 0. The van der Waals surface area contributed by atoms with E-state index in [0.717, 1.165) is 77.0 Å². The highest BCUT2D eigenvalue weighted by Gasteiger charge is 2.36. The predicted molar refractivity (Wildman–Crippen MR) is 221 cm³/mol. The summed E-state index contributed by atoms with van der Waals surface area (Å²) in [5, 5.41) is 0. The molecule has 0 fully saturated rings. The molecule has 288 valence electrons. The molecule has 0 aliphatic rings. The van der Waals surface area contributed by atoms with Crippen LogP contribution in [-0.4, -0.2) is 32.6 Å². The van der Waals surface area contributed by atoms with Crippen molar-refractivity contribution in [3.8, 4) is 0 Å². The summed E-state index contributed by atoms with van der Waals surface area (Å²) in [4.78, 5) is 0. The van der Waals surface area contributed by atoms with Crippen molar-refractivity contribution >= 4 is 0 Å². The van der Waals surface area contributed by atoms with Crippen molar-refractivity contribution < 1.29 is 18.9 Å². The van der Waals surface area contributed by atoms with Crippen LogP contribution in [0.3, 0.4) is 0 Å². The molecule has 0 aliphatic carbocycles. The molecule has 0 saturated carbocycles. The van der Waals surface area contributed by atoms with Gasteiger partial charge in [-0.05, 0) is 123 Å². The molecule has 0 N–H and O–H groups in total. The van der Waals surface area contributed by atoms with Gasteiger partial charge >= 0.3 is 6.16 Å². The maximum absolute atomic E-state index is 6.62. The third-order valence-electron chi connectivity index (χ3n) is 10.6. The van der Waals surface area contributed by atoms with Crippen LogP contribution in [0.4, 0.5) is 0 Å². The SMILES string of the molecule is CC(CCOC(OCCC(C)CCc1ccccc1)(OCCC(C)CCc1ccccc1)OCCC(C)CCc1ccccc1)CCc1ccccc1. The van der Waals surface area contributed by atoms with Gasteiger partial charge in [0.25, 0.3) is 0 Å². The lowest BCUT2D eigenvalue weighted by molar-refractivity contribution is -0.500. The Bertz CT molecular complexity index is 1220. The standard InChI is InChI=1S/C49H68O4/c1-41(25-29-45-17-9-5-10-18-45)33-37-50-49(51-38-34-42(2)26-30-46-19-11-6-12-20-46,52-39-35-43(3)27-31-47-21-13-7-14-22-47)53-40-36-44(4)28-32-48-23-15-8-16-24-48/h5-24,41-44H,25-40H2,1-4H3. The quantitative estimate of drug-likeness (QED) is 0.0548. The van der Waals surface area contributed by atoms with Gasteiger partial charge in [-0.1, -0.05) is 149 Å². The van der Waals surface area contributed by atoms with Gasteiger partial charge in [0.1, 0.15) is 0 Å². The monoisotopic (exact) mass is 721 g/mol. The van der Waals surface area contributed by atoms with Crippen LogP contribution < -0.4 is 0 Å². The van der Waals surface area contributed by atoms with Crippen molar-refractivity contribution in [2.24, 2.45) is 23.7 Å². The Morgan fingerprint density at radius 3 is 0.736 bits per heavy atom. The molecular weight excluding hydrogens is 653 g/mol. The molecule has 53 heavy (non-hydrogen) atoms. The molecule has 0 aliphatic heterocycles. The molecular formula is C49H68O4. The Morgan fingerprint density at radius 1 is 0.321 bits per heavy atom. The van der Waals surface area contributed by atoms with Gasteiger partial charge in [-0.3, -0.25) is 0 Å². The molecule has 0 heterocycles. The molecule has 4 aromatic carbocycles. The molecule has 4 aromatic rings. The fraction of sp³-hybridized carbons (Fsp3) is 0.510. The van der Waals surface area contributed by atoms with Crippen LogP contribution >= 0.6 is 0 Å². The molecule has 0 radical (unpaired) electrons. The van der Waals surface area contributed by atoms with Crippen LogP contribution in [0, 0.1) is 23.7 Å². The molecule has 4 atom stereocenters. The fourth-order valence-electron chi connectivity index (χ4n) is 6.60. The minimum Gasteiger partial charge on any atom is -0.303 e. The summed E-state index contributed by atoms with van der Waals surface area (Å²) in [5.74, 6) is 2.01. The Morgan fingerprint density at radius 2 is 0.528 bits per heavy atom. The Balaban J connectivity index is 1.36. The zero-order valence-electron chi connectivity index (χ0n) is 33.3. The molecule has 0 bridgehead atoms. The lowest BCUT2D eigenvalue weighted by Gasteiger charge is -2.33. The number of aryl methyl sites for hydroxylation is 4. The van der Waals surface area contributed by atoms with E-state index in [1.54, 1.807) is 0 Å². The molecule has 4 heteroatoms. The fourth-order valence-corrected chi connectivity index (χ4v) is 6.60. The van der Waals surface area contributed by atoms with Gasteiger partial charge < -0.3 is 18.9 Å².